The highest BCUT2D eigenvalue weighted by molar-refractivity contribution is 7.88. The van der Waals surface area contributed by atoms with Crippen LogP contribution in [0.15, 0.2) is 48.5 Å². The van der Waals surface area contributed by atoms with Gasteiger partial charge in [-0.1, -0.05) is 42.5 Å². The van der Waals surface area contributed by atoms with Crippen LogP contribution in [-0.2, 0) is 28.9 Å². The number of rotatable bonds is 6. The standard InChI is InChI=1S/C15H17FN2O2S/c16-15-4-2-1-3-14(15)10-18-21(19,20)11-13-7-5-12(9-17)6-8-13/h1-8,18H,9-11,17H2. The van der Waals surface area contributed by atoms with Gasteiger partial charge in [-0.25, -0.2) is 17.5 Å². The van der Waals surface area contributed by atoms with Crippen LogP contribution < -0.4 is 10.5 Å². The second kappa shape index (κ2) is 6.80. The summed E-state index contributed by atoms with van der Waals surface area (Å²) >= 11 is 0. The maximum atomic E-state index is 13.4. The van der Waals surface area contributed by atoms with Crippen LogP contribution in [0.1, 0.15) is 16.7 Å². The van der Waals surface area contributed by atoms with Gasteiger partial charge in [0.2, 0.25) is 10.0 Å². The van der Waals surface area contributed by atoms with Crippen molar-refractivity contribution in [3.8, 4) is 0 Å². The molecule has 0 amide bonds. The van der Waals surface area contributed by atoms with Crippen LogP contribution >= 0.6 is 0 Å². The van der Waals surface area contributed by atoms with Crippen LogP contribution in [0, 0.1) is 5.82 Å². The average molecular weight is 308 g/mol. The van der Waals surface area contributed by atoms with Crippen molar-refractivity contribution in [3.05, 3.63) is 71.0 Å². The zero-order valence-corrected chi connectivity index (χ0v) is 12.2. The summed E-state index contributed by atoms with van der Waals surface area (Å²) in [6.07, 6.45) is 0. The Hall–Kier alpha value is -1.76. The monoisotopic (exact) mass is 308 g/mol. The highest BCUT2D eigenvalue weighted by atomic mass is 32.2. The number of halogens is 1. The molecule has 2 aromatic rings. The van der Waals surface area contributed by atoms with Crippen molar-refractivity contribution < 1.29 is 12.8 Å². The number of sulfonamides is 1. The molecule has 0 aliphatic carbocycles. The number of hydrogen-bond donors (Lipinski definition) is 2. The van der Waals surface area contributed by atoms with Gasteiger partial charge >= 0.3 is 0 Å². The van der Waals surface area contributed by atoms with E-state index in [-0.39, 0.29) is 12.3 Å². The van der Waals surface area contributed by atoms with Crippen LogP contribution in [0.5, 0.6) is 0 Å². The Morgan fingerprint density at radius 3 is 2.24 bits per heavy atom. The summed E-state index contributed by atoms with van der Waals surface area (Å²) in [5, 5.41) is 0. The lowest BCUT2D eigenvalue weighted by Crippen LogP contribution is -2.25. The molecule has 6 heteroatoms. The fourth-order valence-corrected chi connectivity index (χ4v) is 2.98. The van der Waals surface area contributed by atoms with Gasteiger partial charge in [0.05, 0.1) is 5.75 Å². The number of benzene rings is 2. The van der Waals surface area contributed by atoms with E-state index in [2.05, 4.69) is 4.72 Å². The third kappa shape index (κ3) is 4.63. The van der Waals surface area contributed by atoms with Gasteiger partial charge in [0.1, 0.15) is 5.82 Å². The maximum absolute atomic E-state index is 13.4. The first-order valence-electron chi connectivity index (χ1n) is 6.49. The fourth-order valence-electron chi connectivity index (χ4n) is 1.87. The van der Waals surface area contributed by atoms with Gasteiger partial charge in [-0.15, -0.1) is 0 Å². The first kappa shape index (κ1) is 15.6. The summed E-state index contributed by atoms with van der Waals surface area (Å²) in [6.45, 7) is 0.356. The van der Waals surface area contributed by atoms with Crippen molar-refractivity contribution in [2.45, 2.75) is 18.8 Å². The van der Waals surface area contributed by atoms with Crippen LogP contribution in [0.2, 0.25) is 0 Å². The third-order valence-electron chi connectivity index (χ3n) is 3.06. The number of nitrogens with one attached hydrogen (secondary N) is 1. The quantitative estimate of drug-likeness (QED) is 0.856. The lowest BCUT2D eigenvalue weighted by atomic mass is 10.1. The van der Waals surface area contributed by atoms with Crippen molar-refractivity contribution in [1.82, 2.24) is 4.72 Å². The molecule has 0 heterocycles. The largest absolute Gasteiger partial charge is 0.326 e. The van der Waals surface area contributed by atoms with Gasteiger partial charge in [0.15, 0.2) is 0 Å². The lowest BCUT2D eigenvalue weighted by molar-refractivity contribution is 0.573. The summed E-state index contributed by atoms with van der Waals surface area (Å²) < 4.78 is 39.8. The second-order valence-corrected chi connectivity index (χ2v) is 6.50. The summed E-state index contributed by atoms with van der Waals surface area (Å²) in [5.74, 6) is -0.570. The minimum Gasteiger partial charge on any atom is -0.326 e. The van der Waals surface area contributed by atoms with Crippen LogP contribution in [0.25, 0.3) is 0 Å². The Morgan fingerprint density at radius 1 is 1.00 bits per heavy atom. The zero-order chi connectivity index (χ0) is 15.3. The molecular weight excluding hydrogens is 291 g/mol. The molecular formula is C15H17FN2O2S. The summed E-state index contributed by atoms with van der Waals surface area (Å²) in [5.41, 5.74) is 7.41. The summed E-state index contributed by atoms with van der Waals surface area (Å²) in [4.78, 5) is 0. The summed E-state index contributed by atoms with van der Waals surface area (Å²) in [7, 11) is -3.52. The van der Waals surface area contributed by atoms with E-state index in [1.54, 1.807) is 42.5 Å². The van der Waals surface area contributed by atoms with Crippen LogP contribution in [0.3, 0.4) is 0 Å². The van der Waals surface area contributed by atoms with E-state index in [9.17, 15) is 12.8 Å². The first-order valence-corrected chi connectivity index (χ1v) is 8.14. The predicted octanol–water partition coefficient (Wildman–Crippen LogP) is 1.90. The highest BCUT2D eigenvalue weighted by Gasteiger charge is 2.12. The molecule has 4 nitrogen and oxygen atoms in total. The maximum Gasteiger partial charge on any atom is 0.216 e. The van der Waals surface area contributed by atoms with Crippen LogP contribution in [0.4, 0.5) is 4.39 Å². The molecule has 0 aliphatic rings. The molecule has 0 aromatic heterocycles. The molecule has 0 aliphatic heterocycles. The van der Waals surface area contributed by atoms with Gasteiger partial charge in [-0.3, -0.25) is 0 Å². The molecule has 112 valence electrons. The van der Waals surface area contributed by atoms with E-state index in [4.69, 9.17) is 5.73 Å². The molecule has 0 fully saturated rings. The molecule has 0 spiro atoms. The van der Waals surface area contributed by atoms with E-state index in [0.29, 0.717) is 17.7 Å². The van der Waals surface area contributed by atoms with Crippen molar-refractivity contribution in [2.24, 2.45) is 5.73 Å². The Bertz CT molecular complexity index is 700. The lowest BCUT2D eigenvalue weighted by Gasteiger charge is -2.08. The Kier molecular flexibility index (Phi) is 5.06. The van der Waals surface area contributed by atoms with Crippen LogP contribution in [-0.4, -0.2) is 8.42 Å². The highest BCUT2D eigenvalue weighted by Crippen LogP contribution is 2.10. The number of hydrogen-bond acceptors (Lipinski definition) is 3. The summed E-state index contributed by atoms with van der Waals surface area (Å²) in [6, 6.07) is 13.1. The van der Waals surface area contributed by atoms with Crippen molar-refractivity contribution in [3.63, 3.8) is 0 Å². The SMILES string of the molecule is NCc1ccc(CS(=O)(=O)NCc2ccccc2F)cc1. The molecule has 0 unspecified atom stereocenters. The first-order chi connectivity index (χ1) is 10.00. The molecule has 2 rings (SSSR count). The van der Waals surface area contributed by atoms with Crippen molar-refractivity contribution in [2.75, 3.05) is 0 Å². The van der Waals surface area contributed by atoms with Gasteiger partial charge in [-0.2, -0.15) is 0 Å². The van der Waals surface area contributed by atoms with E-state index < -0.39 is 15.8 Å². The fraction of sp³-hybridized carbons (Fsp3) is 0.200. The van der Waals surface area contributed by atoms with Gasteiger partial charge in [0.25, 0.3) is 0 Å². The molecule has 21 heavy (non-hydrogen) atoms. The normalized spacial score (nSPS) is 11.5. The molecule has 0 saturated carbocycles. The second-order valence-electron chi connectivity index (χ2n) is 4.69. The van der Waals surface area contributed by atoms with Gasteiger partial charge in [-0.05, 0) is 17.2 Å². The Morgan fingerprint density at radius 2 is 1.62 bits per heavy atom. The minimum atomic E-state index is -3.52. The number of nitrogens with two attached hydrogens (primary N) is 1. The topological polar surface area (TPSA) is 72.2 Å². The molecule has 0 atom stereocenters. The van der Waals surface area contributed by atoms with E-state index in [0.717, 1.165) is 5.56 Å². The van der Waals surface area contributed by atoms with E-state index >= 15 is 0 Å². The van der Waals surface area contributed by atoms with Crippen molar-refractivity contribution in [1.29, 1.82) is 0 Å². The molecule has 2 aromatic carbocycles. The van der Waals surface area contributed by atoms with Gasteiger partial charge < -0.3 is 5.73 Å². The van der Waals surface area contributed by atoms with E-state index in [1.807, 2.05) is 0 Å². The molecule has 0 bridgehead atoms. The minimum absolute atomic E-state index is 0.0596. The third-order valence-corrected chi connectivity index (χ3v) is 4.35. The molecule has 0 radical (unpaired) electrons. The van der Waals surface area contributed by atoms with Crippen molar-refractivity contribution >= 4 is 10.0 Å². The predicted molar refractivity (Wildman–Crippen MR) is 80.2 cm³/mol. The Balaban J connectivity index is 2.00. The molecule has 3 N–H and O–H groups in total. The smallest absolute Gasteiger partial charge is 0.216 e. The van der Waals surface area contributed by atoms with E-state index in [1.165, 1.54) is 6.07 Å². The molecule has 0 saturated heterocycles. The van der Waals surface area contributed by atoms with Gasteiger partial charge in [0, 0.05) is 18.7 Å². The Labute approximate surface area is 123 Å². The zero-order valence-electron chi connectivity index (χ0n) is 11.4. The average Bonchev–Trinajstić information content (AvgIpc) is 2.47.